The van der Waals surface area contributed by atoms with E-state index in [9.17, 15) is 69.6 Å². The van der Waals surface area contributed by atoms with Gasteiger partial charge < -0.3 is 52.3 Å². The van der Waals surface area contributed by atoms with Gasteiger partial charge in [0, 0.05) is 47.0 Å². The standard InChI is InChI=1S/C48H46N4O14/c1-51(2)35-25-17-21-15-23-19(11-13-27(53)31(23)37(55)29(21)41(59)47(25,65)43(61)33(39(35)57)45(49)63)9-7-5-6-8-10-20-12-14-28(54)32-24(20)16-22-18-26-36(52(3)4)40(58)34(46(50)64)44(62)48(26,66)42(60)30(22)38(32)56/h11-14,21-22,25-26,35-36,53-56,61-62,65-66H,5-6,15-18H2,1-4H3,(H2,49,63)(H2,50,64)/t21-,22-,25-,26-,35-,36-,47-,48-/m0/s1. The molecule has 8 atom stereocenters. The van der Waals surface area contributed by atoms with Crippen molar-refractivity contribution in [2.45, 2.75) is 61.8 Å². The average molecular weight is 903 g/mol. The van der Waals surface area contributed by atoms with Gasteiger partial charge in [0.15, 0.2) is 22.8 Å². The van der Waals surface area contributed by atoms with Crippen LogP contribution in [-0.2, 0) is 41.6 Å². The third-order valence-electron chi connectivity index (χ3n) is 14.0. The maximum Gasteiger partial charge on any atom is 0.255 e. The van der Waals surface area contributed by atoms with Crippen LogP contribution in [0.25, 0.3) is 11.5 Å². The van der Waals surface area contributed by atoms with Crippen molar-refractivity contribution in [3.63, 3.8) is 0 Å². The molecule has 0 saturated heterocycles. The number of hydrogen-bond acceptors (Lipinski definition) is 16. The van der Waals surface area contributed by atoms with Crippen molar-refractivity contribution >= 4 is 46.5 Å². The van der Waals surface area contributed by atoms with E-state index in [1.54, 1.807) is 12.1 Å². The largest absolute Gasteiger partial charge is 0.508 e. The Labute approximate surface area is 376 Å². The number of nitrogens with zero attached hydrogens (tertiary/aromatic N) is 2. The predicted molar refractivity (Wildman–Crippen MR) is 231 cm³/mol. The molecule has 0 radical (unpaired) electrons. The lowest BCUT2D eigenvalue weighted by atomic mass is 9.57. The highest BCUT2D eigenvalue weighted by atomic mass is 16.4. The minimum atomic E-state index is -2.77. The van der Waals surface area contributed by atoms with Gasteiger partial charge in [0.2, 0.25) is 11.6 Å². The maximum absolute atomic E-state index is 14.1. The fraction of sp³-hybridized carbons (Fsp3) is 0.375. The van der Waals surface area contributed by atoms with Gasteiger partial charge in [-0.15, -0.1) is 0 Å². The number of Topliss-reactive ketones (excluding diaryl/α,β-unsaturated/α-hetero) is 4. The summed E-state index contributed by atoms with van der Waals surface area (Å²) in [7, 11) is 6.05. The predicted octanol–water partition coefficient (Wildman–Crippen LogP) is 0.425. The molecule has 2 aromatic carbocycles. The van der Waals surface area contributed by atoms with Gasteiger partial charge in [-0.1, -0.05) is 23.7 Å². The summed E-state index contributed by atoms with van der Waals surface area (Å²) in [5, 5.41) is 90.8. The topological polar surface area (TPSA) is 323 Å². The van der Waals surface area contributed by atoms with Crippen LogP contribution in [0.3, 0.4) is 0 Å². The van der Waals surface area contributed by atoms with Crippen molar-refractivity contribution in [1.29, 1.82) is 0 Å². The first-order valence-corrected chi connectivity index (χ1v) is 21.0. The van der Waals surface area contributed by atoms with Gasteiger partial charge in [-0.3, -0.25) is 38.6 Å². The molecule has 2 saturated carbocycles. The maximum atomic E-state index is 14.1. The molecule has 18 heteroatoms. The molecule has 0 unspecified atom stereocenters. The molecule has 2 fully saturated rings. The zero-order chi connectivity index (χ0) is 48.2. The third-order valence-corrected chi connectivity index (χ3v) is 14.0. The molecule has 18 nitrogen and oxygen atoms in total. The number of ketones is 4. The smallest absolute Gasteiger partial charge is 0.255 e. The van der Waals surface area contributed by atoms with Crippen LogP contribution < -0.4 is 11.5 Å². The van der Waals surface area contributed by atoms with Crippen LogP contribution in [-0.4, -0.2) is 137 Å². The number of fused-ring (bicyclic) bond motifs is 6. The highest BCUT2D eigenvalue weighted by molar-refractivity contribution is 6.25. The summed E-state index contributed by atoms with van der Waals surface area (Å²) in [4.78, 5) is 82.5. The van der Waals surface area contributed by atoms with E-state index in [1.807, 2.05) is 0 Å². The summed E-state index contributed by atoms with van der Waals surface area (Å²) in [6.45, 7) is 0. The van der Waals surface area contributed by atoms with Crippen LogP contribution in [0.4, 0.5) is 0 Å². The monoisotopic (exact) mass is 902 g/mol. The molecule has 6 aliphatic rings. The molecule has 0 bridgehead atoms. The van der Waals surface area contributed by atoms with E-state index in [2.05, 4.69) is 23.7 Å². The van der Waals surface area contributed by atoms with Crippen molar-refractivity contribution in [3.8, 4) is 35.2 Å². The summed E-state index contributed by atoms with van der Waals surface area (Å²) < 4.78 is 0. The molecule has 6 aliphatic carbocycles. The minimum absolute atomic E-state index is 0.0483. The summed E-state index contributed by atoms with van der Waals surface area (Å²) in [5.41, 5.74) is 4.28. The van der Waals surface area contributed by atoms with Gasteiger partial charge in [-0.2, -0.15) is 0 Å². The zero-order valence-electron chi connectivity index (χ0n) is 36.1. The lowest BCUT2D eigenvalue weighted by Crippen LogP contribution is -2.65. The molecule has 0 heterocycles. The van der Waals surface area contributed by atoms with Gasteiger partial charge >= 0.3 is 0 Å². The van der Waals surface area contributed by atoms with Crippen LogP contribution in [0.1, 0.15) is 59.1 Å². The van der Waals surface area contributed by atoms with Crippen LogP contribution in [0, 0.1) is 47.4 Å². The Morgan fingerprint density at radius 2 is 0.970 bits per heavy atom. The molecular formula is C48H46N4O14. The third kappa shape index (κ3) is 6.28. The second kappa shape index (κ2) is 15.7. The SMILES string of the molecule is CN(C)[C@@H]1C(=O)C(C(N)=O)=C(O)[C@@]2(O)C(=O)C3=C(O)c4c(O)ccc(C#CCCC#Cc5ccc(O)c6c5C[C@H]5C[C@H]7[C@H](N(C)C)C(=O)C(C(N)=O)=C(O)[C@@]7(O)C(=O)C5=C6O)c4C[C@H]3C[C@@H]12. The van der Waals surface area contributed by atoms with Crippen LogP contribution in [0.15, 0.2) is 58.1 Å². The Morgan fingerprint density at radius 1 is 0.621 bits per heavy atom. The van der Waals surface area contributed by atoms with Crippen molar-refractivity contribution < 1.29 is 69.6 Å². The molecule has 8 rings (SSSR count). The lowest BCUT2D eigenvalue weighted by Gasteiger charge is -2.50. The normalized spacial score (nSPS) is 29.0. The fourth-order valence-electron chi connectivity index (χ4n) is 11.2. The highest BCUT2D eigenvalue weighted by Crippen LogP contribution is 2.55. The van der Waals surface area contributed by atoms with Crippen molar-refractivity contribution in [1.82, 2.24) is 9.80 Å². The average Bonchev–Trinajstić information content (AvgIpc) is 3.22. The first-order chi connectivity index (χ1) is 31.0. The zero-order valence-corrected chi connectivity index (χ0v) is 36.1. The van der Waals surface area contributed by atoms with Crippen molar-refractivity contribution in [3.05, 3.63) is 91.5 Å². The molecule has 0 aliphatic heterocycles. The summed E-state index contributed by atoms with van der Waals surface area (Å²) >= 11 is 0. The molecule has 0 aromatic heterocycles. The first kappa shape index (κ1) is 45.4. The molecule has 66 heavy (non-hydrogen) atoms. The number of carbonyl (C=O) groups excluding carboxylic acids is 6. The Bertz CT molecular complexity index is 2720. The number of carbonyl (C=O) groups is 6. The van der Waals surface area contributed by atoms with E-state index >= 15 is 0 Å². The molecule has 342 valence electrons. The number of aromatic hydroxyl groups is 2. The number of likely N-dealkylation sites (N-methyl/N-ethyl adjacent to an activating group) is 2. The van der Waals surface area contributed by atoms with Crippen LogP contribution >= 0.6 is 0 Å². The number of nitrogens with two attached hydrogens (primary N) is 2. The lowest BCUT2D eigenvalue weighted by molar-refractivity contribution is -0.155. The van der Waals surface area contributed by atoms with Gasteiger partial charge in [0.1, 0.15) is 45.7 Å². The van der Waals surface area contributed by atoms with Crippen molar-refractivity contribution in [2.75, 3.05) is 28.2 Å². The molecule has 2 aromatic rings. The van der Waals surface area contributed by atoms with E-state index in [4.69, 9.17) is 11.5 Å². The van der Waals surface area contributed by atoms with E-state index in [-0.39, 0.29) is 72.3 Å². The second-order valence-corrected chi connectivity index (χ2v) is 18.0. The number of aliphatic hydroxyl groups excluding tert-OH is 4. The molecule has 0 spiro atoms. The number of amides is 2. The number of phenolic OH excluding ortho intramolecular Hbond substituents is 2. The Kier molecular flexibility index (Phi) is 10.8. The Morgan fingerprint density at radius 3 is 1.29 bits per heavy atom. The van der Waals surface area contributed by atoms with E-state index < -0.39 is 116 Å². The van der Waals surface area contributed by atoms with Gasteiger partial charge in [-0.05, 0) is 101 Å². The highest BCUT2D eigenvalue weighted by Gasteiger charge is 2.66. The summed E-state index contributed by atoms with van der Waals surface area (Å²) in [6.07, 6.45) is 0.345. The second-order valence-electron chi connectivity index (χ2n) is 18.0. The quantitative estimate of drug-likeness (QED) is 0.110. The molecule has 2 amide bonds. The first-order valence-electron chi connectivity index (χ1n) is 21.0. The number of unbranched alkanes of at least 4 members (excludes halogenated alkanes) is 1. The fourth-order valence-corrected chi connectivity index (χ4v) is 11.2. The van der Waals surface area contributed by atoms with Gasteiger partial charge in [0.25, 0.3) is 11.8 Å². The van der Waals surface area contributed by atoms with Crippen LogP contribution in [0.2, 0.25) is 0 Å². The van der Waals surface area contributed by atoms with E-state index in [0.717, 1.165) is 0 Å². The minimum Gasteiger partial charge on any atom is -0.508 e. The summed E-state index contributed by atoms with van der Waals surface area (Å²) in [6, 6.07) is 3.18. The van der Waals surface area contributed by atoms with E-state index in [0.29, 0.717) is 22.3 Å². The Hall–Kier alpha value is -7.22. The Balaban J connectivity index is 1.07. The van der Waals surface area contributed by atoms with Gasteiger partial charge in [0.05, 0.1) is 23.2 Å². The number of benzene rings is 2. The molecular weight excluding hydrogens is 857 g/mol. The van der Waals surface area contributed by atoms with Crippen molar-refractivity contribution in [2.24, 2.45) is 35.1 Å². The summed E-state index contributed by atoms with van der Waals surface area (Å²) in [5.74, 6) is -2.99. The number of phenols is 2. The van der Waals surface area contributed by atoms with E-state index in [1.165, 1.54) is 50.1 Å². The number of rotatable bonds is 5. The number of aliphatic hydroxyl groups is 6. The number of hydrogen-bond donors (Lipinski definition) is 10. The van der Waals surface area contributed by atoms with Gasteiger partial charge in [-0.25, -0.2) is 0 Å². The van der Waals surface area contributed by atoms with Crippen LogP contribution in [0.5, 0.6) is 11.5 Å². The molecule has 12 N–H and O–H groups in total. The number of primary amides is 2.